The van der Waals surface area contributed by atoms with E-state index in [-0.39, 0.29) is 44.7 Å². The molecule has 2 saturated heterocycles. The number of nitrogens with one attached hydrogen (secondary N) is 4. The van der Waals surface area contributed by atoms with Gasteiger partial charge in [-0.25, -0.2) is 4.79 Å². The number of likely N-dealkylation sites (tertiary alicyclic amines) is 1. The summed E-state index contributed by atoms with van der Waals surface area (Å²) in [7, 11) is 0. The van der Waals surface area contributed by atoms with Crippen molar-refractivity contribution in [2.75, 3.05) is 32.8 Å². The van der Waals surface area contributed by atoms with Gasteiger partial charge in [-0.1, -0.05) is 30.3 Å². The Morgan fingerprint density at radius 1 is 0.915 bits per heavy atom. The third-order valence-electron chi connectivity index (χ3n) is 9.37. The maximum Gasteiger partial charge on any atom is 0.326 e. The van der Waals surface area contributed by atoms with Gasteiger partial charge in [0.25, 0.3) is 0 Å². The van der Waals surface area contributed by atoms with E-state index < -0.39 is 129 Å². The highest BCUT2D eigenvalue weighted by Crippen LogP contribution is 2.23. The highest BCUT2D eigenvalue weighted by atomic mass is 16.7. The van der Waals surface area contributed by atoms with E-state index in [1.54, 1.807) is 30.3 Å². The quantitative estimate of drug-likeness (QED) is 0.0293. The summed E-state index contributed by atoms with van der Waals surface area (Å²) in [5, 5.41) is 67.9. The van der Waals surface area contributed by atoms with Gasteiger partial charge in [-0.05, 0) is 31.2 Å². The van der Waals surface area contributed by atoms with Gasteiger partial charge in [0.1, 0.15) is 54.6 Å². The molecule has 0 spiro atoms. The number of benzene rings is 1. The number of hydrogen-bond acceptors (Lipinski definition) is 15. The van der Waals surface area contributed by atoms with E-state index in [4.69, 9.17) is 26.7 Å². The molecule has 0 saturated carbocycles. The SMILES string of the molecule is NC(N)=NCCC[C@H](NC(=O)[C@@H]1CCCN1C(=O)[C@@H](N)CO[C@H]1O[C@H](CO)[C@@H](O)[C@H](O)[C@@H]1O)C(=O)NCC(=O)N[C@@H](CC(=O)O)C(=O)N[C@@H](Cc1ccccc1)C(=O)O. The second-order valence-corrected chi connectivity index (χ2v) is 13.9. The number of nitrogens with zero attached hydrogens (tertiary/aromatic N) is 2. The van der Waals surface area contributed by atoms with Crippen molar-refractivity contribution in [2.24, 2.45) is 22.2 Å². The molecule has 1 aromatic carbocycles. The fourth-order valence-corrected chi connectivity index (χ4v) is 6.27. The number of aliphatic carboxylic acids is 2. The molecule has 3 rings (SSSR count). The average Bonchev–Trinajstić information content (AvgIpc) is 3.69. The molecule has 16 N–H and O–H groups in total. The lowest BCUT2D eigenvalue weighted by Crippen LogP contribution is -2.60. The number of guanidine groups is 1. The predicted molar refractivity (Wildman–Crippen MR) is 201 cm³/mol. The zero-order chi connectivity index (χ0) is 43.8. The number of carbonyl (C=O) groups excluding carboxylic acids is 5. The number of hydrogen-bond donors (Lipinski definition) is 13. The number of aliphatic hydroxyl groups excluding tert-OH is 4. The number of carbonyl (C=O) groups is 7. The van der Waals surface area contributed by atoms with Crippen molar-refractivity contribution in [1.29, 1.82) is 0 Å². The second-order valence-electron chi connectivity index (χ2n) is 13.9. The Morgan fingerprint density at radius 3 is 2.24 bits per heavy atom. The van der Waals surface area contributed by atoms with E-state index in [2.05, 4.69) is 26.3 Å². The summed E-state index contributed by atoms with van der Waals surface area (Å²) in [6.45, 7) is -1.93. The van der Waals surface area contributed by atoms with Crippen molar-refractivity contribution in [3.05, 3.63) is 35.9 Å². The molecule has 0 radical (unpaired) electrons. The van der Waals surface area contributed by atoms with Crippen molar-refractivity contribution < 1.29 is 73.7 Å². The Bertz CT molecular complexity index is 1650. The van der Waals surface area contributed by atoms with Crippen molar-refractivity contribution in [1.82, 2.24) is 26.2 Å². The number of aliphatic imine (C=N–C) groups is 1. The predicted octanol–water partition coefficient (Wildman–Crippen LogP) is -6.45. The highest BCUT2D eigenvalue weighted by Gasteiger charge is 2.45. The van der Waals surface area contributed by atoms with Gasteiger partial charge in [-0.15, -0.1) is 0 Å². The van der Waals surface area contributed by atoms with Crippen LogP contribution in [0, 0.1) is 0 Å². The number of amides is 5. The first kappa shape index (κ1) is 47.9. The van der Waals surface area contributed by atoms with Crippen LogP contribution in [0.4, 0.5) is 0 Å². The number of carboxylic acids is 2. The number of ether oxygens (including phenoxy) is 2. The monoisotopic (exact) mass is 839 g/mol. The lowest BCUT2D eigenvalue weighted by molar-refractivity contribution is -0.301. The normalized spacial score (nSPS) is 23.4. The van der Waals surface area contributed by atoms with Crippen LogP contribution in [0.2, 0.25) is 0 Å². The number of nitrogens with two attached hydrogens (primary N) is 3. The van der Waals surface area contributed by atoms with Gasteiger partial charge in [0.15, 0.2) is 12.2 Å². The summed E-state index contributed by atoms with van der Waals surface area (Å²) in [4.78, 5) is 94.6. The fraction of sp³-hybridized carbons (Fsp3) is 0.600. The van der Waals surface area contributed by atoms with Crippen LogP contribution in [0.1, 0.15) is 37.7 Å². The first-order chi connectivity index (χ1) is 27.9. The lowest BCUT2D eigenvalue weighted by Gasteiger charge is -2.39. The van der Waals surface area contributed by atoms with Crippen LogP contribution in [0.5, 0.6) is 0 Å². The van der Waals surface area contributed by atoms with E-state index >= 15 is 0 Å². The summed E-state index contributed by atoms with van der Waals surface area (Å²) < 4.78 is 10.6. The van der Waals surface area contributed by atoms with E-state index in [0.717, 1.165) is 0 Å². The van der Waals surface area contributed by atoms with Crippen molar-refractivity contribution in [3.8, 4) is 0 Å². The van der Waals surface area contributed by atoms with Crippen molar-refractivity contribution in [2.45, 2.75) is 99.4 Å². The molecule has 24 nitrogen and oxygen atoms in total. The largest absolute Gasteiger partial charge is 0.481 e. The molecule has 2 heterocycles. The third kappa shape index (κ3) is 14.7. The summed E-state index contributed by atoms with van der Waals surface area (Å²) in [6.07, 6.45) is -8.35. The third-order valence-corrected chi connectivity index (χ3v) is 9.37. The highest BCUT2D eigenvalue weighted by molar-refractivity contribution is 5.96. The first-order valence-corrected chi connectivity index (χ1v) is 18.6. The Balaban J connectivity index is 1.63. The molecule has 0 bridgehead atoms. The molecule has 0 aliphatic carbocycles. The van der Waals surface area contributed by atoms with Crippen molar-refractivity contribution in [3.63, 3.8) is 0 Å². The number of carboxylic acid groups (broad SMARTS) is 2. The molecule has 10 atom stereocenters. The van der Waals surface area contributed by atoms with Crippen LogP contribution >= 0.6 is 0 Å². The van der Waals surface area contributed by atoms with Gasteiger partial charge >= 0.3 is 11.9 Å². The first-order valence-electron chi connectivity index (χ1n) is 18.6. The zero-order valence-corrected chi connectivity index (χ0v) is 31.9. The molecule has 2 fully saturated rings. The molecule has 2 aliphatic heterocycles. The van der Waals surface area contributed by atoms with Crippen LogP contribution in [0.3, 0.4) is 0 Å². The van der Waals surface area contributed by atoms with Crippen LogP contribution in [-0.2, 0) is 49.5 Å². The zero-order valence-electron chi connectivity index (χ0n) is 31.9. The second kappa shape index (κ2) is 23.2. The van der Waals surface area contributed by atoms with Gasteiger partial charge in [-0.2, -0.15) is 0 Å². The van der Waals surface area contributed by atoms with E-state index in [0.29, 0.717) is 12.0 Å². The van der Waals surface area contributed by atoms with Gasteiger partial charge in [-0.3, -0.25) is 33.8 Å². The van der Waals surface area contributed by atoms with E-state index in [1.165, 1.54) is 4.90 Å². The average molecular weight is 840 g/mol. The minimum absolute atomic E-state index is 0.0490. The van der Waals surface area contributed by atoms with E-state index in [9.17, 15) is 64.2 Å². The van der Waals surface area contributed by atoms with Gasteiger partial charge in [0.2, 0.25) is 29.5 Å². The summed E-state index contributed by atoms with van der Waals surface area (Å²) >= 11 is 0. The Hall–Kier alpha value is -5.50. The molecule has 24 heteroatoms. The Morgan fingerprint density at radius 2 is 1.61 bits per heavy atom. The fourth-order valence-electron chi connectivity index (χ4n) is 6.27. The minimum atomic E-state index is -1.74. The maximum absolute atomic E-state index is 13.6. The minimum Gasteiger partial charge on any atom is -0.481 e. The molecule has 59 heavy (non-hydrogen) atoms. The standard InChI is InChI=1S/C35H53N9O15/c36-18(16-58-34-28(51)27(50)26(49)23(15-45)59-34)32(55)44-11-5-9-22(44)31(54)42-19(8-4-10-39-35(37)38)29(52)40-14-24(46)41-20(13-25(47)48)30(53)43-21(33(56)57)12-17-6-2-1-3-7-17/h1-3,6-7,18-23,26-28,34,45,49-51H,4-5,8-16,36H2,(H,40,52)(H,41,46)(H,42,54)(H,43,53)(H,47,48)(H,56,57)(H4,37,38,39)/t18-,19-,20-,21-,22-,23+,26+,27-,28-,34-/m0/s1. The molecule has 5 amide bonds. The molecule has 328 valence electrons. The lowest BCUT2D eigenvalue weighted by atomic mass is 9.99. The van der Waals surface area contributed by atoms with E-state index in [1.807, 2.05) is 0 Å². The van der Waals surface area contributed by atoms with Crippen LogP contribution in [0.15, 0.2) is 35.3 Å². The molecule has 0 unspecified atom stereocenters. The van der Waals surface area contributed by atoms with Gasteiger partial charge in [0, 0.05) is 19.5 Å². The Kier molecular flexibility index (Phi) is 18.8. The van der Waals surface area contributed by atoms with Gasteiger partial charge < -0.3 is 83.5 Å². The maximum atomic E-state index is 13.6. The smallest absolute Gasteiger partial charge is 0.326 e. The van der Waals surface area contributed by atoms with Gasteiger partial charge in [0.05, 0.1) is 26.2 Å². The summed E-state index contributed by atoms with van der Waals surface area (Å²) in [5.74, 6) is -7.63. The molecular formula is C35H53N9O15. The molecule has 2 aliphatic rings. The topological polar surface area (TPSA) is 401 Å². The van der Waals surface area contributed by atoms with Crippen LogP contribution in [0.25, 0.3) is 0 Å². The van der Waals surface area contributed by atoms with Crippen molar-refractivity contribution >= 4 is 47.4 Å². The summed E-state index contributed by atoms with van der Waals surface area (Å²) in [5.41, 5.74) is 17.4. The Labute approximate surface area is 337 Å². The molecular weight excluding hydrogens is 786 g/mol. The van der Waals surface area contributed by atoms with Crippen LogP contribution in [-0.4, -0.2) is 177 Å². The molecule has 1 aromatic rings. The molecule has 0 aromatic heterocycles. The number of rotatable bonds is 22. The number of aliphatic hydroxyl groups is 4. The summed E-state index contributed by atoms with van der Waals surface area (Å²) in [6, 6.07) is 1.27. The van der Waals surface area contributed by atoms with Crippen LogP contribution < -0.4 is 38.5 Å².